The molecule has 29 heavy (non-hydrogen) atoms. The van der Waals surface area contributed by atoms with Crippen molar-refractivity contribution in [1.29, 1.82) is 5.26 Å². The minimum Gasteiger partial charge on any atom is -0.366 e. The summed E-state index contributed by atoms with van der Waals surface area (Å²) in [5.74, 6) is -0.364. The van der Waals surface area contributed by atoms with Crippen molar-refractivity contribution in [3.8, 4) is 17.3 Å². The van der Waals surface area contributed by atoms with Crippen LogP contribution in [0.5, 0.6) is 0 Å². The molecule has 1 aliphatic carbocycles. The SMILES string of the molecule is N#CN1CCC(N(C(=O)c2ccc(-c3ccc(C(N)=O)cc3)cc2)C2CC2)CC1. The van der Waals surface area contributed by atoms with Crippen molar-refractivity contribution in [2.24, 2.45) is 5.73 Å². The van der Waals surface area contributed by atoms with E-state index in [4.69, 9.17) is 11.0 Å². The first kappa shape index (κ1) is 19.0. The lowest BCUT2D eigenvalue weighted by atomic mass is 10.00. The Morgan fingerprint density at radius 2 is 1.34 bits per heavy atom. The molecule has 2 aliphatic rings. The van der Waals surface area contributed by atoms with Crippen LogP contribution in [-0.4, -0.2) is 46.8 Å². The van der Waals surface area contributed by atoms with Crippen LogP contribution in [0.15, 0.2) is 48.5 Å². The second kappa shape index (κ2) is 7.96. The molecule has 0 bridgehead atoms. The molecular formula is C23H24N4O2. The van der Waals surface area contributed by atoms with Crippen LogP contribution in [0.25, 0.3) is 11.1 Å². The predicted molar refractivity (Wildman–Crippen MR) is 110 cm³/mol. The molecule has 1 heterocycles. The van der Waals surface area contributed by atoms with E-state index in [0.717, 1.165) is 49.9 Å². The Morgan fingerprint density at radius 3 is 1.79 bits per heavy atom. The molecule has 0 unspecified atom stereocenters. The van der Waals surface area contributed by atoms with Crippen LogP contribution in [-0.2, 0) is 0 Å². The molecule has 148 valence electrons. The van der Waals surface area contributed by atoms with Crippen LogP contribution in [0.2, 0.25) is 0 Å². The van der Waals surface area contributed by atoms with E-state index in [0.29, 0.717) is 17.2 Å². The zero-order chi connectivity index (χ0) is 20.4. The second-order valence-corrected chi connectivity index (χ2v) is 7.78. The average molecular weight is 388 g/mol. The van der Waals surface area contributed by atoms with Gasteiger partial charge in [0.2, 0.25) is 5.91 Å². The Bertz CT molecular complexity index is 934. The molecule has 0 atom stereocenters. The molecule has 1 saturated heterocycles. The molecule has 0 spiro atoms. The van der Waals surface area contributed by atoms with E-state index in [2.05, 4.69) is 11.1 Å². The lowest BCUT2D eigenvalue weighted by Gasteiger charge is -2.37. The van der Waals surface area contributed by atoms with Gasteiger partial charge in [-0.3, -0.25) is 9.59 Å². The highest BCUT2D eigenvalue weighted by Gasteiger charge is 2.38. The molecule has 2 aromatic rings. The monoisotopic (exact) mass is 388 g/mol. The summed E-state index contributed by atoms with van der Waals surface area (Å²) in [6.07, 6.45) is 6.03. The van der Waals surface area contributed by atoms with Crippen LogP contribution in [0.3, 0.4) is 0 Å². The van der Waals surface area contributed by atoms with Crippen LogP contribution in [0.1, 0.15) is 46.4 Å². The summed E-state index contributed by atoms with van der Waals surface area (Å²) in [5.41, 5.74) is 8.41. The summed E-state index contributed by atoms with van der Waals surface area (Å²) < 4.78 is 0. The van der Waals surface area contributed by atoms with Gasteiger partial charge in [0.05, 0.1) is 0 Å². The van der Waals surface area contributed by atoms with Crippen molar-refractivity contribution in [3.63, 3.8) is 0 Å². The molecule has 2 amide bonds. The number of nitrogens with two attached hydrogens (primary N) is 1. The zero-order valence-corrected chi connectivity index (χ0v) is 16.3. The number of nitriles is 1. The Balaban J connectivity index is 1.49. The first-order valence-electron chi connectivity index (χ1n) is 10.0. The maximum Gasteiger partial charge on any atom is 0.254 e. The van der Waals surface area contributed by atoms with Crippen molar-refractivity contribution < 1.29 is 9.59 Å². The molecule has 1 saturated carbocycles. The van der Waals surface area contributed by atoms with Crippen molar-refractivity contribution in [2.45, 2.75) is 37.8 Å². The molecule has 2 N–H and O–H groups in total. The number of benzene rings is 2. The molecule has 4 rings (SSSR count). The normalized spacial score (nSPS) is 16.9. The number of carbonyl (C=O) groups excluding carboxylic acids is 2. The fraction of sp³-hybridized carbons (Fsp3) is 0.348. The first-order valence-corrected chi connectivity index (χ1v) is 10.0. The van der Waals surface area contributed by atoms with E-state index in [9.17, 15) is 9.59 Å². The van der Waals surface area contributed by atoms with E-state index >= 15 is 0 Å². The minimum atomic E-state index is -0.446. The van der Waals surface area contributed by atoms with Crippen LogP contribution in [0, 0.1) is 11.5 Å². The summed E-state index contributed by atoms with van der Waals surface area (Å²) in [6.45, 7) is 1.44. The summed E-state index contributed by atoms with van der Waals surface area (Å²) >= 11 is 0. The molecular weight excluding hydrogens is 364 g/mol. The van der Waals surface area contributed by atoms with Gasteiger partial charge in [-0.15, -0.1) is 0 Å². The third-order valence-corrected chi connectivity index (χ3v) is 5.81. The van der Waals surface area contributed by atoms with E-state index in [1.165, 1.54) is 0 Å². The van der Waals surface area contributed by atoms with Gasteiger partial charge in [-0.1, -0.05) is 24.3 Å². The molecule has 1 aliphatic heterocycles. The minimum absolute atomic E-state index is 0.0820. The fourth-order valence-electron chi connectivity index (χ4n) is 4.01. The van der Waals surface area contributed by atoms with Gasteiger partial charge in [-0.2, -0.15) is 5.26 Å². The van der Waals surface area contributed by atoms with Gasteiger partial charge in [0, 0.05) is 36.3 Å². The largest absolute Gasteiger partial charge is 0.366 e. The predicted octanol–water partition coefficient (Wildman–Crippen LogP) is 3.00. The maximum atomic E-state index is 13.2. The molecule has 0 aromatic heterocycles. The Kier molecular flexibility index (Phi) is 5.22. The second-order valence-electron chi connectivity index (χ2n) is 7.78. The summed E-state index contributed by atoms with van der Waals surface area (Å²) in [7, 11) is 0. The smallest absolute Gasteiger partial charge is 0.254 e. The highest BCUT2D eigenvalue weighted by atomic mass is 16.2. The van der Waals surface area contributed by atoms with E-state index < -0.39 is 5.91 Å². The number of piperidine rings is 1. The fourth-order valence-corrected chi connectivity index (χ4v) is 4.01. The number of hydrogen-bond acceptors (Lipinski definition) is 4. The third kappa shape index (κ3) is 4.09. The molecule has 2 fully saturated rings. The van der Waals surface area contributed by atoms with Crippen LogP contribution >= 0.6 is 0 Å². The average Bonchev–Trinajstić information content (AvgIpc) is 3.59. The third-order valence-electron chi connectivity index (χ3n) is 5.81. The summed E-state index contributed by atoms with van der Waals surface area (Å²) in [6, 6.07) is 15.3. The van der Waals surface area contributed by atoms with Gasteiger partial charge >= 0.3 is 0 Å². The molecule has 0 radical (unpaired) electrons. The van der Waals surface area contributed by atoms with Gasteiger partial charge in [-0.05, 0) is 61.1 Å². The van der Waals surface area contributed by atoms with Crippen LogP contribution < -0.4 is 5.73 Å². The lowest BCUT2D eigenvalue weighted by Crippen LogP contribution is -2.47. The highest BCUT2D eigenvalue weighted by Crippen LogP contribution is 2.33. The van der Waals surface area contributed by atoms with Crippen molar-refractivity contribution in [2.75, 3.05) is 13.1 Å². The number of amides is 2. The van der Waals surface area contributed by atoms with Gasteiger partial charge in [0.25, 0.3) is 5.91 Å². The Morgan fingerprint density at radius 1 is 0.862 bits per heavy atom. The van der Waals surface area contributed by atoms with E-state index in [-0.39, 0.29) is 11.9 Å². The summed E-state index contributed by atoms with van der Waals surface area (Å²) in [5, 5.41) is 9.06. The number of primary amides is 1. The van der Waals surface area contributed by atoms with Gasteiger partial charge in [0.15, 0.2) is 6.19 Å². The first-order chi connectivity index (χ1) is 14.1. The van der Waals surface area contributed by atoms with Gasteiger partial charge in [-0.25, -0.2) is 0 Å². The quantitative estimate of drug-likeness (QED) is 0.797. The van der Waals surface area contributed by atoms with E-state index in [1.807, 2.05) is 36.4 Å². The zero-order valence-electron chi connectivity index (χ0n) is 16.3. The van der Waals surface area contributed by atoms with Crippen molar-refractivity contribution in [1.82, 2.24) is 9.80 Å². The molecule has 6 nitrogen and oxygen atoms in total. The molecule has 6 heteroatoms. The lowest BCUT2D eigenvalue weighted by molar-refractivity contribution is 0.0585. The highest BCUT2D eigenvalue weighted by molar-refractivity contribution is 5.95. The number of nitrogens with zero attached hydrogens (tertiary/aromatic N) is 3. The van der Waals surface area contributed by atoms with Gasteiger partial charge < -0.3 is 15.5 Å². The van der Waals surface area contributed by atoms with E-state index in [1.54, 1.807) is 17.0 Å². The number of carbonyl (C=O) groups is 2. The number of likely N-dealkylation sites (tertiary alicyclic amines) is 1. The standard InChI is InChI=1S/C23H24N4O2/c24-15-26-13-11-21(12-14-26)27(20-9-10-20)23(29)19-7-3-17(4-8-19)16-1-5-18(6-2-16)22(25)28/h1-8,20-21H,9-14H2,(H2,25,28). The van der Waals surface area contributed by atoms with Gasteiger partial charge in [0.1, 0.15) is 0 Å². The Labute approximate surface area is 170 Å². The molecule has 2 aromatic carbocycles. The Hall–Kier alpha value is -3.33. The maximum absolute atomic E-state index is 13.2. The topological polar surface area (TPSA) is 90.4 Å². The van der Waals surface area contributed by atoms with Crippen molar-refractivity contribution in [3.05, 3.63) is 59.7 Å². The van der Waals surface area contributed by atoms with Crippen LogP contribution in [0.4, 0.5) is 0 Å². The number of rotatable bonds is 5. The number of hydrogen-bond donors (Lipinski definition) is 1. The summed E-state index contributed by atoms with van der Waals surface area (Å²) in [4.78, 5) is 28.3. The van der Waals surface area contributed by atoms with Crippen molar-refractivity contribution >= 4 is 11.8 Å².